The van der Waals surface area contributed by atoms with Crippen molar-refractivity contribution in [1.82, 2.24) is 19.9 Å². The van der Waals surface area contributed by atoms with Crippen LogP contribution in [0.5, 0.6) is 0 Å². The smallest absolute Gasteiger partial charge is 0.196 e. The zero-order valence-electron chi connectivity index (χ0n) is 12.8. The van der Waals surface area contributed by atoms with Gasteiger partial charge in [0, 0.05) is 59.5 Å². The Labute approximate surface area is 154 Å². The van der Waals surface area contributed by atoms with Gasteiger partial charge in [-0.2, -0.15) is 0 Å². The highest BCUT2D eigenvalue weighted by Crippen LogP contribution is 2.26. The highest BCUT2D eigenvalue weighted by Gasteiger charge is 2.18. The highest BCUT2D eigenvalue weighted by atomic mass is 35.5. The minimum Gasteiger partial charge on any atom is -0.334 e. The largest absolute Gasteiger partial charge is 0.334 e. The summed E-state index contributed by atoms with van der Waals surface area (Å²) in [6.07, 6.45) is 2.86. The first-order chi connectivity index (χ1) is 11.7. The molecule has 3 heterocycles. The molecule has 7 heteroatoms. The van der Waals surface area contributed by atoms with Gasteiger partial charge in [0.1, 0.15) is 5.01 Å². The van der Waals surface area contributed by atoms with Crippen molar-refractivity contribution < 1.29 is 0 Å². The van der Waals surface area contributed by atoms with Crippen molar-refractivity contribution in [2.45, 2.75) is 19.5 Å². The Morgan fingerprint density at radius 3 is 2.96 bits per heavy atom. The van der Waals surface area contributed by atoms with Crippen LogP contribution in [0.4, 0.5) is 0 Å². The first-order valence-electron chi connectivity index (χ1n) is 7.67. The normalized spacial score (nSPS) is 14.5. The third-order valence-electron chi connectivity index (χ3n) is 4.08. The van der Waals surface area contributed by atoms with Crippen LogP contribution in [-0.4, -0.2) is 26.4 Å². The first-order valence-corrected chi connectivity index (χ1v) is 9.34. The predicted octanol–water partition coefficient (Wildman–Crippen LogP) is 4.47. The minimum atomic E-state index is 0.564. The number of nitrogens with zero attached hydrogens (tertiary/aromatic N) is 3. The number of halogens is 1. The fraction of sp³-hybridized carbons (Fsp3) is 0.235. The van der Waals surface area contributed by atoms with Crippen molar-refractivity contribution >= 4 is 35.2 Å². The third kappa shape index (κ3) is 3.42. The van der Waals surface area contributed by atoms with E-state index in [4.69, 9.17) is 28.8 Å². The molecule has 1 N–H and O–H groups in total. The summed E-state index contributed by atoms with van der Waals surface area (Å²) in [5, 5.41) is 3.91. The maximum atomic E-state index is 5.95. The summed E-state index contributed by atoms with van der Waals surface area (Å²) in [6, 6.07) is 7.82. The van der Waals surface area contributed by atoms with E-state index in [9.17, 15) is 0 Å². The minimum absolute atomic E-state index is 0.564. The molecule has 1 aliphatic heterocycles. The Hall–Kier alpha value is -1.60. The molecule has 122 valence electrons. The van der Waals surface area contributed by atoms with Crippen LogP contribution in [-0.2, 0) is 19.5 Å². The van der Waals surface area contributed by atoms with Gasteiger partial charge in [0.15, 0.2) is 4.77 Å². The summed E-state index contributed by atoms with van der Waals surface area (Å²) in [5.41, 5.74) is 4.65. The lowest BCUT2D eigenvalue weighted by atomic mass is 10.1. The lowest BCUT2D eigenvalue weighted by Crippen LogP contribution is -2.31. The molecular formula is C17H15ClN4S2. The van der Waals surface area contributed by atoms with E-state index in [1.54, 1.807) is 11.3 Å². The molecule has 3 aromatic rings. The molecule has 4 nitrogen and oxygen atoms in total. The second kappa shape index (κ2) is 6.72. The maximum Gasteiger partial charge on any atom is 0.196 e. The van der Waals surface area contributed by atoms with Gasteiger partial charge in [-0.3, -0.25) is 4.90 Å². The second-order valence-corrected chi connectivity index (χ2v) is 7.48. The lowest BCUT2D eigenvalue weighted by molar-refractivity contribution is 0.240. The number of hydrogen-bond acceptors (Lipinski definition) is 5. The molecule has 0 bridgehead atoms. The predicted molar refractivity (Wildman–Crippen MR) is 99.8 cm³/mol. The molecule has 2 aromatic heterocycles. The van der Waals surface area contributed by atoms with Crippen molar-refractivity contribution in [3.63, 3.8) is 0 Å². The summed E-state index contributed by atoms with van der Waals surface area (Å²) < 4.78 is 0.564. The van der Waals surface area contributed by atoms with Crippen molar-refractivity contribution in [2.24, 2.45) is 0 Å². The standard InChI is InChI=1S/C17H15ClN4S2/c18-13-3-1-11(2-4-13)16-20-14(10-24-16)9-22-6-5-15-12(8-22)7-19-17(23)21-15/h1-4,7,10H,5-6,8-9H2,(H,19,21,23). The second-order valence-electron chi connectivity index (χ2n) is 5.80. The van der Waals surface area contributed by atoms with Crippen LogP contribution in [0.1, 0.15) is 17.0 Å². The molecule has 0 aliphatic carbocycles. The van der Waals surface area contributed by atoms with Crippen LogP contribution in [0, 0.1) is 4.77 Å². The topological polar surface area (TPSA) is 44.8 Å². The van der Waals surface area contributed by atoms with E-state index in [0.29, 0.717) is 4.77 Å². The Morgan fingerprint density at radius 2 is 2.12 bits per heavy atom. The van der Waals surface area contributed by atoms with Gasteiger partial charge in [0.2, 0.25) is 0 Å². The molecule has 0 amide bonds. The van der Waals surface area contributed by atoms with E-state index in [0.717, 1.165) is 47.3 Å². The molecule has 0 spiro atoms. The quantitative estimate of drug-likeness (QED) is 0.687. The fourth-order valence-corrected chi connectivity index (χ4v) is 3.99. The molecule has 1 aromatic carbocycles. The zero-order valence-corrected chi connectivity index (χ0v) is 15.2. The van der Waals surface area contributed by atoms with Gasteiger partial charge in [0.05, 0.1) is 5.69 Å². The molecule has 0 saturated heterocycles. The molecule has 0 fully saturated rings. The monoisotopic (exact) mass is 374 g/mol. The third-order valence-corrected chi connectivity index (χ3v) is 5.48. The summed E-state index contributed by atoms with van der Waals surface area (Å²) in [6.45, 7) is 2.72. The van der Waals surface area contributed by atoms with Gasteiger partial charge in [-0.1, -0.05) is 23.7 Å². The Kier molecular flexibility index (Phi) is 4.45. The average molecular weight is 375 g/mol. The molecule has 0 radical (unpaired) electrons. The molecule has 0 unspecified atom stereocenters. The van der Waals surface area contributed by atoms with Crippen molar-refractivity contribution in [2.75, 3.05) is 6.54 Å². The molecule has 4 rings (SSSR count). The number of H-pyrrole nitrogens is 1. The van der Waals surface area contributed by atoms with Crippen LogP contribution in [0.25, 0.3) is 10.6 Å². The molecule has 24 heavy (non-hydrogen) atoms. The summed E-state index contributed by atoms with van der Waals surface area (Å²) in [4.78, 5) is 14.5. The molecule has 0 saturated carbocycles. The number of aromatic amines is 1. The van der Waals surface area contributed by atoms with Gasteiger partial charge in [-0.05, 0) is 24.4 Å². The van der Waals surface area contributed by atoms with Crippen LogP contribution in [0.15, 0.2) is 35.8 Å². The van der Waals surface area contributed by atoms with Crippen molar-refractivity contribution in [3.8, 4) is 10.6 Å². The molecular weight excluding hydrogens is 360 g/mol. The van der Waals surface area contributed by atoms with Crippen molar-refractivity contribution in [3.05, 3.63) is 62.6 Å². The summed E-state index contributed by atoms with van der Waals surface area (Å²) >= 11 is 12.7. The van der Waals surface area contributed by atoms with Crippen molar-refractivity contribution in [1.29, 1.82) is 0 Å². The van der Waals surface area contributed by atoms with Crippen LogP contribution >= 0.6 is 35.2 Å². The fourth-order valence-electron chi connectivity index (χ4n) is 2.87. The van der Waals surface area contributed by atoms with Gasteiger partial charge in [0.25, 0.3) is 0 Å². The zero-order chi connectivity index (χ0) is 16.5. The average Bonchev–Trinajstić information content (AvgIpc) is 3.04. The Bertz CT molecular complexity index is 917. The molecule has 1 aliphatic rings. The number of benzene rings is 1. The van der Waals surface area contributed by atoms with Crippen LogP contribution in [0.2, 0.25) is 5.02 Å². The van der Waals surface area contributed by atoms with E-state index in [1.807, 2.05) is 30.5 Å². The SMILES string of the molecule is S=c1ncc2c([nH]1)CCN(Cc1csc(-c3ccc(Cl)cc3)n1)C2. The Balaban J connectivity index is 1.48. The number of fused-ring (bicyclic) bond motifs is 1. The highest BCUT2D eigenvalue weighted by molar-refractivity contribution is 7.71. The van der Waals surface area contributed by atoms with Gasteiger partial charge < -0.3 is 4.98 Å². The van der Waals surface area contributed by atoms with Gasteiger partial charge in [-0.25, -0.2) is 9.97 Å². The van der Waals surface area contributed by atoms with Crippen LogP contribution in [0.3, 0.4) is 0 Å². The lowest BCUT2D eigenvalue weighted by Gasteiger charge is -2.27. The summed E-state index contributed by atoms with van der Waals surface area (Å²) in [5.74, 6) is 0. The molecule has 0 atom stereocenters. The first kappa shape index (κ1) is 15.9. The summed E-state index contributed by atoms with van der Waals surface area (Å²) in [7, 11) is 0. The van der Waals surface area contributed by atoms with Gasteiger partial charge >= 0.3 is 0 Å². The number of aromatic nitrogens is 3. The van der Waals surface area contributed by atoms with Gasteiger partial charge in [-0.15, -0.1) is 11.3 Å². The number of nitrogens with one attached hydrogen (secondary N) is 1. The van der Waals surface area contributed by atoms with E-state index >= 15 is 0 Å². The van der Waals surface area contributed by atoms with Crippen LogP contribution < -0.4 is 0 Å². The maximum absolute atomic E-state index is 5.95. The van der Waals surface area contributed by atoms with E-state index in [1.165, 1.54) is 11.3 Å². The Morgan fingerprint density at radius 1 is 1.29 bits per heavy atom. The van der Waals surface area contributed by atoms with E-state index in [-0.39, 0.29) is 0 Å². The van der Waals surface area contributed by atoms with E-state index in [2.05, 4.69) is 20.2 Å². The number of hydrogen-bond donors (Lipinski definition) is 1. The van der Waals surface area contributed by atoms with E-state index < -0.39 is 0 Å². The number of thiazole rings is 1. The number of rotatable bonds is 3.